The minimum absolute atomic E-state index is 0.113. The number of hydrogen-bond acceptors (Lipinski definition) is 6. The zero-order chi connectivity index (χ0) is 15.0. The molecule has 0 radical (unpaired) electrons. The molecule has 2 aromatic heterocycles. The third kappa shape index (κ3) is 2.71. The third-order valence-electron chi connectivity index (χ3n) is 3.20. The second-order valence-electron chi connectivity index (χ2n) is 4.72. The van der Waals surface area contributed by atoms with Gasteiger partial charge in [-0.15, -0.1) is 0 Å². The highest BCUT2D eigenvalue weighted by Crippen LogP contribution is 2.34. The van der Waals surface area contributed by atoms with Crippen LogP contribution in [-0.2, 0) is 0 Å². The van der Waals surface area contributed by atoms with E-state index >= 15 is 0 Å². The van der Waals surface area contributed by atoms with Gasteiger partial charge in [-0.2, -0.15) is 13.2 Å². The highest BCUT2D eigenvalue weighted by Gasteiger charge is 2.47. The molecule has 1 fully saturated rings. The molecule has 9 heteroatoms. The number of anilines is 2. The Morgan fingerprint density at radius 2 is 1.81 bits per heavy atom. The lowest BCUT2D eigenvalue weighted by Crippen LogP contribution is -2.54. The smallest absolute Gasteiger partial charge is 0.384 e. The molecule has 0 saturated carbocycles. The molecule has 1 aliphatic heterocycles. The van der Waals surface area contributed by atoms with E-state index in [0.717, 1.165) is 0 Å². The van der Waals surface area contributed by atoms with E-state index in [2.05, 4.69) is 19.9 Å². The quantitative estimate of drug-likeness (QED) is 0.905. The Bertz CT molecular complexity index is 636. The van der Waals surface area contributed by atoms with Crippen LogP contribution in [0, 0.1) is 5.92 Å². The first-order valence-corrected chi connectivity index (χ1v) is 6.16. The van der Waals surface area contributed by atoms with Crippen LogP contribution < -0.4 is 10.6 Å². The Morgan fingerprint density at radius 3 is 2.38 bits per heavy atom. The van der Waals surface area contributed by atoms with E-state index in [1.54, 1.807) is 6.07 Å². The summed E-state index contributed by atoms with van der Waals surface area (Å²) < 4.78 is 37.3. The van der Waals surface area contributed by atoms with Gasteiger partial charge in [0.15, 0.2) is 5.82 Å². The predicted octanol–water partition coefficient (Wildman–Crippen LogP) is 1.51. The van der Waals surface area contributed by atoms with E-state index in [9.17, 15) is 13.2 Å². The van der Waals surface area contributed by atoms with E-state index < -0.39 is 12.1 Å². The Labute approximate surface area is 117 Å². The van der Waals surface area contributed by atoms with Gasteiger partial charge in [0.2, 0.25) is 5.95 Å². The number of nitrogen functional groups attached to an aromatic ring is 1. The molecule has 0 spiro atoms. The first kappa shape index (κ1) is 13.5. The van der Waals surface area contributed by atoms with Crippen LogP contribution in [0.4, 0.5) is 24.9 Å². The average molecular weight is 296 g/mol. The van der Waals surface area contributed by atoms with Crippen LogP contribution in [0.1, 0.15) is 0 Å². The molecule has 2 aromatic rings. The van der Waals surface area contributed by atoms with E-state index in [-0.39, 0.29) is 19.0 Å². The summed E-state index contributed by atoms with van der Waals surface area (Å²) in [6.07, 6.45) is 0.289. The number of alkyl halides is 3. The number of nitrogens with zero attached hydrogens (tertiary/aromatic N) is 5. The molecule has 6 nitrogen and oxygen atoms in total. The second kappa shape index (κ2) is 4.83. The van der Waals surface area contributed by atoms with Crippen molar-refractivity contribution < 1.29 is 13.2 Å². The van der Waals surface area contributed by atoms with E-state index in [4.69, 9.17) is 5.73 Å². The van der Waals surface area contributed by atoms with Crippen LogP contribution in [0.2, 0.25) is 0 Å². The zero-order valence-electron chi connectivity index (χ0n) is 10.7. The topological polar surface area (TPSA) is 80.8 Å². The maximum Gasteiger partial charge on any atom is 0.395 e. The number of halogens is 3. The van der Waals surface area contributed by atoms with Crippen molar-refractivity contribution in [1.29, 1.82) is 0 Å². The fraction of sp³-hybridized carbons (Fsp3) is 0.333. The molecule has 3 heterocycles. The predicted molar refractivity (Wildman–Crippen MR) is 69.2 cm³/mol. The molecule has 3 rings (SSSR count). The molecule has 0 atom stereocenters. The van der Waals surface area contributed by atoms with Crippen LogP contribution in [0.3, 0.4) is 0 Å². The van der Waals surface area contributed by atoms with Gasteiger partial charge in [-0.3, -0.25) is 0 Å². The summed E-state index contributed by atoms with van der Waals surface area (Å²) >= 11 is 0. The van der Waals surface area contributed by atoms with Crippen LogP contribution in [-0.4, -0.2) is 39.2 Å². The lowest BCUT2D eigenvalue weighted by Gasteiger charge is -2.39. The van der Waals surface area contributed by atoms with Gasteiger partial charge in [0, 0.05) is 31.7 Å². The Morgan fingerprint density at radius 1 is 1.14 bits per heavy atom. The largest absolute Gasteiger partial charge is 0.395 e. The molecular formula is C12H11F3N6. The number of hydrogen-bond donors (Lipinski definition) is 1. The first-order valence-electron chi connectivity index (χ1n) is 6.16. The van der Waals surface area contributed by atoms with Crippen molar-refractivity contribution in [2.24, 2.45) is 5.92 Å². The van der Waals surface area contributed by atoms with Gasteiger partial charge in [0.05, 0.1) is 11.5 Å². The normalized spacial score (nSPS) is 15.9. The molecule has 110 valence electrons. The maximum absolute atomic E-state index is 12.4. The fourth-order valence-electron chi connectivity index (χ4n) is 1.96. The minimum Gasteiger partial charge on any atom is -0.384 e. The minimum atomic E-state index is -4.16. The number of aromatic nitrogens is 4. The molecule has 21 heavy (non-hydrogen) atoms. The SMILES string of the molecule is Nc1ccnc(-c2cnc(N3CC(C(F)(F)F)C3)nc2)n1. The average Bonchev–Trinajstić information content (AvgIpc) is 2.36. The first-order chi connectivity index (χ1) is 9.93. The van der Waals surface area contributed by atoms with Crippen molar-refractivity contribution in [3.8, 4) is 11.4 Å². The van der Waals surface area contributed by atoms with Gasteiger partial charge in [-0.25, -0.2) is 19.9 Å². The summed E-state index contributed by atoms with van der Waals surface area (Å²) in [5.74, 6) is -0.348. The van der Waals surface area contributed by atoms with Crippen molar-refractivity contribution in [2.75, 3.05) is 23.7 Å². The van der Waals surface area contributed by atoms with Gasteiger partial charge < -0.3 is 10.6 Å². The lowest BCUT2D eigenvalue weighted by molar-refractivity contribution is -0.180. The van der Waals surface area contributed by atoms with Crippen LogP contribution in [0.25, 0.3) is 11.4 Å². The van der Waals surface area contributed by atoms with Crippen molar-refractivity contribution in [2.45, 2.75) is 6.18 Å². The summed E-state index contributed by atoms with van der Waals surface area (Å²) in [5, 5.41) is 0. The van der Waals surface area contributed by atoms with E-state index in [1.165, 1.54) is 23.5 Å². The summed E-state index contributed by atoms with van der Waals surface area (Å²) in [7, 11) is 0. The highest BCUT2D eigenvalue weighted by molar-refractivity contribution is 5.55. The van der Waals surface area contributed by atoms with Gasteiger partial charge in [-0.1, -0.05) is 0 Å². The molecule has 0 amide bonds. The molecular weight excluding hydrogens is 285 g/mol. The summed E-state index contributed by atoms with van der Waals surface area (Å²) in [5.41, 5.74) is 6.11. The summed E-state index contributed by atoms with van der Waals surface area (Å²) in [4.78, 5) is 17.6. The lowest BCUT2D eigenvalue weighted by atomic mass is 10.0. The Balaban J connectivity index is 1.71. The highest BCUT2D eigenvalue weighted by atomic mass is 19.4. The molecule has 2 N–H and O–H groups in total. The molecule has 0 bridgehead atoms. The molecule has 0 aliphatic carbocycles. The van der Waals surface area contributed by atoms with Gasteiger partial charge in [0.1, 0.15) is 5.82 Å². The summed E-state index contributed by atoms with van der Waals surface area (Å²) in [6, 6.07) is 1.55. The van der Waals surface area contributed by atoms with Crippen molar-refractivity contribution in [3.63, 3.8) is 0 Å². The molecule has 0 aromatic carbocycles. The molecule has 1 saturated heterocycles. The van der Waals surface area contributed by atoms with E-state index in [0.29, 0.717) is 17.2 Å². The van der Waals surface area contributed by atoms with Crippen LogP contribution in [0.15, 0.2) is 24.7 Å². The molecule has 0 unspecified atom stereocenters. The zero-order valence-corrected chi connectivity index (χ0v) is 10.7. The molecule has 1 aliphatic rings. The maximum atomic E-state index is 12.4. The summed E-state index contributed by atoms with van der Waals surface area (Å²) in [6.45, 7) is -0.227. The van der Waals surface area contributed by atoms with Crippen molar-refractivity contribution in [3.05, 3.63) is 24.7 Å². The van der Waals surface area contributed by atoms with Gasteiger partial charge in [0.25, 0.3) is 0 Å². The monoisotopic (exact) mass is 296 g/mol. The van der Waals surface area contributed by atoms with Gasteiger partial charge in [-0.05, 0) is 6.07 Å². The Hall–Kier alpha value is -2.45. The van der Waals surface area contributed by atoms with Crippen molar-refractivity contribution in [1.82, 2.24) is 19.9 Å². The van der Waals surface area contributed by atoms with Gasteiger partial charge >= 0.3 is 6.18 Å². The van der Waals surface area contributed by atoms with Crippen LogP contribution in [0.5, 0.6) is 0 Å². The number of rotatable bonds is 2. The fourth-order valence-corrected chi connectivity index (χ4v) is 1.96. The number of nitrogens with two attached hydrogens (primary N) is 1. The second-order valence-corrected chi connectivity index (χ2v) is 4.72. The standard InChI is InChI=1S/C12H11F3N6/c13-12(14,15)8-5-21(6-8)11-18-3-7(4-19-11)10-17-2-1-9(16)20-10/h1-4,8H,5-6H2,(H2,16,17,20). The van der Waals surface area contributed by atoms with Crippen molar-refractivity contribution >= 4 is 11.8 Å². The Kier molecular flexibility index (Phi) is 3.11. The third-order valence-corrected chi connectivity index (χ3v) is 3.20. The van der Waals surface area contributed by atoms with Crippen LogP contribution >= 0.6 is 0 Å². The van der Waals surface area contributed by atoms with E-state index in [1.807, 2.05) is 0 Å².